The van der Waals surface area contributed by atoms with E-state index in [0.29, 0.717) is 6.54 Å². The van der Waals surface area contributed by atoms with Crippen LogP contribution < -0.4 is 11.3 Å². The Bertz CT molecular complexity index is 519. The van der Waals surface area contributed by atoms with E-state index in [2.05, 4.69) is 5.10 Å². The molecule has 0 saturated carbocycles. The largest absolute Gasteiger partial charge is 0.326 e. The number of hydrogen-bond donors (Lipinski definition) is 1. The molecule has 1 aromatic heterocycles. The van der Waals surface area contributed by atoms with Gasteiger partial charge in [0.05, 0.1) is 5.69 Å². The zero-order valence-electron chi connectivity index (χ0n) is 8.13. The second kappa shape index (κ2) is 4.06. The summed E-state index contributed by atoms with van der Waals surface area (Å²) in [5, 5.41) is 4.01. The van der Waals surface area contributed by atoms with Crippen LogP contribution in [0.15, 0.2) is 47.4 Å². The Hall–Kier alpha value is -1.94. The summed E-state index contributed by atoms with van der Waals surface area (Å²) in [6, 6.07) is 10.5. The summed E-state index contributed by atoms with van der Waals surface area (Å²) < 4.78 is 1.35. The second-order valence-electron chi connectivity index (χ2n) is 3.11. The van der Waals surface area contributed by atoms with Crippen molar-refractivity contribution in [3.8, 4) is 5.69 Å². The zero-order chi connectivity index (χ0) is 10.7. The van der Waals surface area contributed by atoms with Gasteiger partial charge in [0.25, 0.3) is 5.56 Å². The van der Waals surface area contributed by atoms with E-state index in [9.17, 15) is 4.79 Å². The highest BCUT2D eigenvalue weighted by Gasteiger charge is 2.03. The minimum absolute atomic E-state index is 0.154. The summed E-state index contributed by atoms with van der Waals surface area (Å²) >= 11 is 0. The number of para-hydroxylation sites is 1. The highest BCUT2D eigenvalue weighted by molar-refractivity contribution is 5.39. The molecule has 0 aliphatic carbocycles. The normalized spacial score (nSPS) is 10.2. The van der Waals surface area contributed by atoms with Crippen molar-refractivity contribution in [1.29, 1.82) is 0 Å². The molecule has 2 N–H and O–H groups in total. The zero-order valence-corrected chi connectivity index (χ0v) is 8.13. The molecule has 2 aromatic rings. The van der Waals surface area contributed by atoms with E-state index in [4.69, 9.17) is 5.73 Å². The first-order chi connectivity index (χ1) is 7.33. The lowest BCUT2D eigenvalue weighted by molar-refractivity contribution is 0.793. The molecule has 1 aromatic carbocycles. The van der Waals surface area contributed by atoms with Crippen LogP contribution in [0.4, 0.5) is 0 Å². The van der Waals surface area contributed by atoms with Crippen molar-refractivity contribution in [2.45, 2.75) is 6.54 Å². The molecule has 15 heavy (non-hydrogen) atoms. The first-order valence-corrected chi connectivity index (χ1v) is 4.65. The maximum Gasteiger partial charge on any atom is 0.271 e. The Balaban J connectivity index is 2.64. The lowest BCUT2D eigenvalue weighted by atomic mass is 10.2. The predicted molar refractivity (Wildman–Crippen MR) is 57.7 cm³/mol. The van der Waals surface area contributed by atoms with Gasteiger partial charge in [0.15, 0.2) is 0 Å². The van der Waals surface area contributed by atoms with Crippen molar-refractivity contribution in [1.82, 2.24) is 9.78 Å². The summed E-state index contributed by atoms with van der Waals surface area (Å²) in [6.45, 7) is 0.388. The topological polar surface area (TPSA) is 60.9 Å². The molecule has 0 amide bonds. The van der Waals surface area contributed by atoms with Gasteiger partial charge in [-0.1, -0.05) is 18.2 Å². The van der Waals surface area contributed by atoms with E-state index >= 15 is 0 Å². The predicted octanol–water partition coefficient (Wildman–Crippen LogP) is 0.691. The molecular weight excluding hydrogens is 190 g/mol. The Morgan fingerprint density at radius 1 is 1.20 bits per heavy atom. The van der Waals surface area contributed by atoms with Gasteiger partial charge in [-0.2, -0.15) is 9.78 Å². The summed E-state index contributed by atoms with van der Waals surface area (Å²) in [7, 11) is 0. The summed E-state index contributed by atoms with van der Waals surface area (Å²) in [5.41, 5.74) is 7.08. The van der Waals surface area contributed by atoms with Gasteiger partial charge in [-0.15, -0.1) is 0 Å². The fourth-order valence-electron chi connectivity index (χ4n) is 1.43. The molecule has 4 nitrogen and oxygen atoms in total. The van der Waals surface area contributed by atoms with Crippen LogP contribution in [0.1, 0.15) is 5.56 Å². The standard InChI is InChI=1S/C11H11N3O/c12-8-9-4-1-2-5-10(9)14-11(15)6-3-7-13-14/h1-7H,8,12H2. The van der Waals surface area contributed by atoms with Crippen molar-refractivity contribution in [3.63, 3.8) is 0 Å². The van der Waals surface area contributed by atoms with Gasteiger partial charge < -0.3 is 5.73 Å². The molecule has 0 bridgehead atoms. The highest BCUT2D eigenvalue weighted by Crippen LogP contribution is 2.09. The molecule has 0 atom stereocenters. The fraction of sp³-hybridized carbons (Fsp3) is 0.0909. The van der Waals surface area contributed by atoms with Crippen LogP contribution in [0.5, 0.6) is 0 Å². The minimum Gasteiger partial charge on any atom is -0.326 e. The molecule has 0 saturated heterocycles. The average Bonchev–Trinajstić information content (AvgIpc) is 2.30. The van der Waals surface area contributed by atoms with Crippen LogP contribution in [-0.4, -0.2) is 9.78 Å². The molecule has 0 unspecified atom stereocenters. The molecular formula is C11H11N3O. The first kappa shape index (κ1) is 9.61. The van der Waals surface area contributed by atoms with Gasteiger partial charge in [-0.3, -0.25) is 4.79 Å². The minimum atomic E-state index is -0.154. The van der Waals surface area contributed by atoms with Crippen LogP contribution in [-0.2, 0) is 6.54 Å². The molecule has 0 fully saturated rings. The second-order valence-corrected chi connectivity index (χ2v) is 3.11. The SMILES string of the molecule is NCc1ccccc1-n1ncccc1=O. The molecule has 0 radical (unpaired) electrons. The molecule has 1 heterocycles. The maximum absolute atomic E-state index is 11.5. The van der Waals surface area contributed by atoms with Crippen molar-refractivity contribution >= 4 is 0 Å². The third kappa shape index (κ3) is 1.80. The van der Waals surface area contributed by atoms with Crippen LogP contribution in [0.25, 0.3) is 5.69 Å². The molecule has 0 aliphatic heterocycles. The number of hydrogen-bond acceptors (Lipinski definition) is 3. The van der Waals surface area contributed by atoms with E-state index in [1.165, 1.54) is 10.7 Å². The fourth-order valence-corrected chi connectivity index (χ4v) is 1.43. The van der Waals surface area contributed by atoms with Crippen LogP contribution in [0, 0.1) is 0 Å². The smallest absolute Gasteiger partial charge is 0.271 e. The van der Waals surface area contributed by atoms with Gasteiger partial charge in [0.1, 0.15) is 0 Å². The third-order valence-corrected chi connectivity index (χ3v) is 2.16. The Morgan fingerprint density at radius 3 is 2.73 bits per heavy atom. The average molecular weight is 201 g/mol. The molecule has 0 aliphatic rings. The summed E-state index contributed by atoms with van der Waals surface area (Å²) in [4.78, 5) is 11.5. The molecule has 0 spiro atoms. The van der Waals surface area contributed by atoms with Crippen molar-refractivity contribution in [2.75, 3.05) is 0 Å². The van der Waals surface area contributed by atoms with Crippen LogP contribution in [0.2, 0.25) is 0 Å². The van der Waals surface area contributed by atoms with E-state index in [-0.39, 0.29) is 5.56 Å². The van der Waals surface area contributed by atoms with Crippen molar-refractivity contribution in [3.05, 3.63) is 58.5 Å². The Labute approximate surface area is 87.0 Å². The van der Waals surface area contributed by atoms with Crippen molar-refractivity contribution in [2.24, 2.45) is 5.73 Å². The quantitative estimate of drug-likeness (QED) is 0.777. The maximum atomic E-state index is 11.5. The Kier molecular flexibility index (Phi) is 2.60. The van der Waals surface area contributed by atoms with Crippen LogP contribution in [0.3, 0.4) is 0 Å². The molecule has 76 valence electrons. The van der Waals surface area contributed by atoms with Crippen molar-refractivity contribution < 1.29 is 0 Å². The lowest BCUT2D eigenvalue weighted by Crippen LogP contribution is -2.21. The van der Waals surface area contributed by atoms with Gasteiger partial charge in [-0.25, -0.2) is 0 Å². The summed E-state index contributed by atoms with van der Waals surface area (Å²) in [5.74, 6) is 0. The van der Waals surface area contributed by atoms with E-state index in [1.807, 2.05) is 24.3 Å². The molecule has 2 rings (SSSR count). The molecule has 4 heteroatoms. The van der Waals surface area contributed by atoms with E-state index in [1.54, 1.807) is 12.3 Å². The van der Waals surface area contributed by atoms with Gasteiger partial charge in [0.2, 0.25) is 0 Å². The number of rotatable bonds is 2. The van der Waals surface area contributed by atoms with Gasteiger partial charge >= 0.3 is 0 Å². The van der Waals surface area contributed by atoms with Gasteiger partial charge in [-0.05, 0) is 17.7 Å². The number of nitrogens with two attached hydrogens (primary N) is 1. The lowest BCUT2D eigenvalue weighted by Gasteiger charge is -2.07. The van der Waals surface area contributed by atoms with Gasteiger partial charge in [0, 0.05) is 18.8 Å². The number of benzene rings is 1. The van der Waals surface area contributed by atoms with E-state index < -0.39 is 0 Å². The monoisotopic (exact) mass is 201 g/mol. The number of nitrogens with zero attached hydrogens (tertiary/aromatic N) is 2. The Morgan fingerprint density at radius 2 is 2.00 bits per heavy atom. The van der Waals surface area contributed by atoms with Crippen LogP contribution >= 0.6 is 0 Å². The third-order valence-electron chi connectivity index (χ3n) is 2.16. The number of aromatic nitrogens is 2. The summed E-state index contributed by atoms with van der Waals surface area (Å²) in [6.07, 6.45) is 1.58. The first-order valence-electron chi connectivity index (χ1n) is 4.65. The highest BCUT2D eigenvalue weighted by atomic mass is 16.1. The van der Waals surface area contributed by atoms with E-state index in [0.717, 1.165) is 11.3 Å².